The molecule has 0 aliphatic heterocycles. The summed E-state index contributed by atoms with van der Waals surface area (Å²) >= 11 is 0. The van der Waals surface area contributed by atoms with Crippen molar-refractivity contribution in [2.45, 2.75) is 32.4 Å². The lowest BCUT2D eigenvalue weighted by atomic mass is 10.0. The van der Waals surface area contributed by atoms with Crippen molar-refractivity contribution < 1.29 is 8.78 Å². The van der Waals surface area contributed by atoms with Crippen LogP contribution in [0.4, 0.5) is 8.78 Å². The van der Waals surface area contributed by atoms with Gasteiger partial charge in [0.25, 0.3) is 0 Å². The normalized spacial score (nSPS) is 14.0. The Balaban J connectivity index is 2.09. The number of hydrogen-bond donors (Lipinski definition) is 1. The molecular formula is C17H19F2N. The average Bonchev–Trinajstić information content (AvgIpc) is 2.46. The molecule has 0 fully saturated rings. The highest BCUT2D eigenvalue weighted by molar-refractivity contribution is 5.23. The Hall–Kier alpha value is -1.74. The summed E-state index contributed by atoms with van der Waals surface area (Å²) in [4.78, 5) is 0. The standard InChI is InChI=1S/C17H19F2N/c1-3-17(14-6-10-16(19)11-7-14)20-12(2)13-4-8-15(18)9-5-13/h4-12,17,20H,3H2,1-2H3/t12-,17?/m1/s1. The van der Waals surface area contributed by atoms with Crippen molar-refractivity contribution in [1.82, 2.24) is 5.32 Å². The molecule has 0 bridgehead atoms. The van der Waals surface area contributed by atoms with Gasteiger partial charge in [0.15, 0.2) is 0 Å². The average molecular weight is 275 g/mol. The minimum atomic E-state index is -0.230. The third-order valence-corrected chi connectivity index (χ3v) is 3.50. The van der Waals surface area contributed by atoms with Gasteiger partial charge in [-0.25, -0.2) is 8.78 Å². The predicted octanol–water partition coefficient (Wildman–Crippen LogP) is 4.77. The van der Waals surface area contributed by atoms with Crippen molar-refractivity contribution in [3.05, 3.63) is 71.3 Å². The van der Waals surface area contributed by atoms with Crippen molar-refractivity contribution in [3.8, 4) is 0 Å². The second kappa shape index (κ2) is 6.62. The van der Waals surface area contributed by atoms with Crippen molar-refractivity contribution in [3.63, 3.8) is 0 Å². The quantitative estimate of drug-likeness (QED) is 0.829. The zero-order valence-corrected chi connectivity index (χ0v) is 11.7. The van der Waals surface area contributed by atoms with Gasteiger partial charge < -0.3 is 5.32 Å². The van der Waals surface area contributed by atoms with Crippen LogP contribution in [0.15, 0.2) is 48.5 Å². The van der Waals surface area contributed by atoms with Gasteiger partial charge in [0.2, 0.25) is 0 Å². The van der Waals surface area contributed by atoms with Gasteiger partial charge in [-0.3, -0.25) is 0 Å². The highest BCUT2D eigenvalue weighted by atomic mass is 19.1. The predicted molar refractivity (Wildman–Crippen MR) is 77.4 cm³/mol. The van der Waals surface area contributed by atoms with Crippen LogP contribution in [0.5, 0.6) is 0 Å². The van der Waals surface area contributed by atoms with E-state index < -0.39 is 0 Å². The monoisotopic (exact) mass is 275 g/mol. The Morgan fingerprint density at radius 3 is 1.75 bits per heavy atom. The van der Waals surface area contributed by atoms with Gasteiger partial charge in [0, 0.05) is 12.1 Å². The second-order valence-electron chi connectivity index (χ2n) is 4.95. The third kappa shape index (κ3) is 3.64. The van der Waals surface area contributed by atoms with Crippen LogP contribution < -0.4 is 5.32 Å². The molecule has 1 N–H and O–H groups in total. The van der Waals surface area contributed by atoms with Crippen LogP contribution in [0.1, 0.15) is 43.5 Å². The maximum absolute atomic E-state index is 13.0. The van der Waals surface area contributed by atoms with E-state index in [0.717, 1.165) is 17.5 Å². The van der Waals surface area contributed by atoms with Crippen molar-refractivity contribution in [2.24, 2.45) is 0 Å². The first-order valence-corrected chi connectivity index (χ1v) is 6.87. The summed E-state index contributed by atoms with van der Waals surface area (Å²) in [7, 11) is 0. The van der Waals surface area contributed by atoms with E-state index >= 15 is 0 Å². The summed E-state index contributed by atoms with van der Waals surface area (Å²) in [6.45, 7) is 4.12. The smallest absolute Gasteiger partial charge is 0.123 e. The maximum atomic E-state index is 13.0. The zero-order valence-electron chi connectivity index (χ0n) is 11.7. The summed E-state index contributed by atoms with van der Waals surface area (Å²) in [5.41, 5.74) is 2.09. The lowest BCUT2D eigenvalue weighted by Gasteiger charge is -2.23. The first kappa shape index (κ1) is 14.7. The Labute approximate surface area is 118 Å². The summed E-state index contributed by atoms with van der Waals surface area (Å²) < 4.78 is 25.9. The first-order chi connectivity index (χ1) is 9.60. The molecule has 106 valence electrons. The molecule has 0 heterocycles. The van der Waals surface area contributed by atoms with Crippen LogP contribution >= 0.6 is 0 Å². The largest absolute Gasteiger partial charge is 0.303 e. The number of halogens is 2. The number of hydrogen-bond acceptors (Lipinski definition) is 1. The van der Waals surface area contributed by atoms with Crippen LogP contribution in [-0.2, 0) is 0 Å². The van der Waals surface area contributed by atoms with Crippen LogP contribution in [0.2, 0.25) is 0 Å². The first-order valence-electron chi connectivity index (χ1n) is 6.87. The van der Waals surface area contributed by atoms with Gasteiger partial charge >= 0.3 is 0 Å². The van der Waals surface area contributed by atoms with E-state index in [1.54, 1.807) is 24.3 Å². The maximum Gasteiger partial charge on any atom is 0.123 e. The van der Waals surface area contributed by atoms with E-state index in [-0.39, 0.29) is 23.7 Å². The summed E-state index contributed by atoms with van der Waals surface area (Å²) in [6, 6.07) is 13.3. The molecule has 2 aromatic carbocycles. The Morgan fingerprint density at radius 1 is 0.850 bits per heavy atom. The molecule has 0 aliphatic carbocycles. The molecule has 2 rings (SSSR count). The van der Waals surface area contributed by atoms with E-state index in [1.165, 1.54) is 24.3 Å². The molecule has 1 unspecified atom stereocenters. The second-order valence-corrected chi connectivity index (χ2v) is 4.95. The van der Waals surface area contributed by atoms with Gasteiger partial charge in [-0.05, 0) is 48.7 Å². The highest BCUT2D eigenvalue weighted by Gasteiger charge is 2.13. The van der Waals surface area contributed by atoms with Gasteiger partial charge in [-0.15, -0.1) is 0 Å². The van der Waals surface area contributed by atoms with E-state index in [0.29, 0.717) is 0 Å². The SMILES string of the molecule is CCC(N[C@H](C)c1ccc(F)cc1)c1ccc(F)cc1. The van der Waals surface area contributed by atoms with Crippen molar-refractivity contribution in [1.29, 1.82) is 0 Å². The summed E-state index contributed by atoms with van der Waals surface area (Å²) in [6.07, 6.45) is 0.900. The van der Waals surface area contributed by atoms with Gasteiger partial charge in [-0.2, -0.15) is 0 Å². The molecule has 0 aliphatic rings. The van der Waals surface area contributed by atoms with Gasteiger partial charge in [-0.1, -0.05) is 31.2 Å². The fourth-order valence-electron chi connectivity index (χ4n) is 2.29. The minimum Gasteiger partial charge on any atom is -0.303 e. The minimum absolute atomic E-state index is 0.102. The molecule has 1 nitrogen and oxygen atoms in total. The zero-order chi connectivity index (χ0) is 14.5. The molecular weight excluding hydrogens is 256 g/mol. The van der Waals surface area contributed by atoms with E-state index in [4.69, 9.17) is 0 Å². The molecule has 0 spiro atoms. The molecule has 20 heavy (non-hydrogen) atoms. The van der Waals surface area contributed by atoms with E-state index in [9.17, 15) is 8.78 Å². The Morgan fingerprint density at radius 2 is 1.30 bits per heavy atom. The lowest BCUT2D eigenvalue weighted by molar-refractivity contribution is 0.455. The Kier molecular flexibility index (Phi) is 4.85. The van der Waals surface area contributed by atoms with Gasteiger partial charge in [0.1, 0.15) is 11.6 Å². The Bertz CT molecular complexity index is 534. The molecule has 0 saturated carbocycles. The number of rotatable bonds is 5. The highest BCUT2D eigenvalue weighted by Crippen LogP contribution is 2.22. The van der Waals surface area contributed by atoms with Crippen LogP contribution in [0.3, 0.4) is 0 Å². The van der Waals surface area contributed by atoms with E-state index in [1.807, 2.05) is 6.92 Å². The number of nitrogens with one attached hydrogen (secondary N) is 1. The molecule has 2 aromatic rings. The number of benzene rings is 2. The van der Waals surface area contributed by atoms with Crippen molar-refractivity contribution in [2.75, 3.05) is 0 Å². The molecule has 0 radical (unpaired) electrons. The fraction of sp³-hybridized carbons (Fsp3) is 0.294. The van der Waals surface area contributed by atoms with Crippen LogP contribution in [-0.4, -0.2) is 0 Å². The topological polar surface area (TPSA) is 12.0 Å². The van der Waals surface area contributed by atoms with Crippen molar-refractivity contribution >= 4 is 0 Å². The molecule has 2 atom stereocenters. The summed E-state index contributed by atoms with van der Waals surface area (Å²) in [5, 5.41) is 3.49. The van der Waals surface area contributed by atoms with E-state index in [2.05, 4.69) is 12.2 Å². The summed E-state index contributed by atoms with van der Waals surface area (Å²) in [5.74, 6) is -0.457. The van der Waals surface area contributed by atoms with Crippen LogP contribution in [0, 0.1) is 11.6 Å². The molecule has 0 aromatic heterocycles. The molecule has 3 heteroatoms. The molecule has 0 amide bonds. The third-order valence-electron chi connectivity index (χ3n) is 3.50. The molecule has 0 saturated heterocycles. The van der Waals surface area contributed by atoms with Gasteiger partial charge in [0.05, 0.1) is 0 Å². The lowest BCUT2D eigenvalue weighted by Crippen LogP contribution is -2.24. The van der Waals surface area contributed by atoms with Crippen LogP contribution in [0.25, 0.3) is 0 Å². The fourth-order valence-corrected chi connectivity index (χ4v) is 2.29.